The molecule has 3 heteroatoms. The van der Waals surface area contributed by atoms with Crippen LogP contribution in [0.1, 0.15) is 19.3 Å². The van der Waals surface area contributed by atoms with E-state index in [1.807, 2.05) is 17.9 Å². The highest BCUT2D eigenvalue weighted by Crippen LogP contribution is 2.32. The quantitative estimate of drug-likeness (QED) is 0.736. The maximum Gasteiger partial charge on any atom is 0.0723 e. The van der Waals surface area contributed by atoms with Crippen molar-refractivity contribution in [2.45, 2.75) is 25.8 Å². The van der Waals surface area contributed by atoms with Crippen LogP contribution >= 0.6 is 0 Å². The Labute approximate surface area is 72.8 Å². The lowest BCUT2D eigenvalue weighted by molar-refractivity contribution is 0.547. The highest BCUT2D eigenvalue weighted by atomic mass is 15.3. The topological polar surface area (TPSA) is 29.9 Å². The molecule has 0 atom stereocenters. The predicted molar refractivity (Wildman–Crippen MR) is 49.1 cm³/mol. The van der Waals surface area contributed by atoms with Gasteiger partial charge >= 0.3 is 0 Å². The number of nitrogens with zero attached hydrogens (tertiary/aromatic N) is 2. The van der Waals surface area contributed by atoms with Gasteiger partial charge in [-0.25, -0.2) is 0 Å². The summed E-state index contributed by atoms with van der Waals surface area (Å²) >= 11 is 0. The van der Waals surface area contributed by atoms with E-state index in [0.717, 1.165) is 18.2 Å². The highest BCUT2D eigenvalue weighted by Gasteiger charge is 2.20. The average molecular weight is 165 g/mol. The second-order valence-corrected chi connectivity index (χ2v) is 3.47. The Morgan fingerprint density at radius 1 is 1.67 bits per heavy atom. The summed E-state index contributed by atoms with van der Waals surface area (Å²) in [4.78, 5) is 0. The Bertz CT molecular complexity index is 250. The molecule has 0 aromatic carbocycles. The Hall–Kier alpha value is -0.990. The maximum absolute atomic E-state index is 4.24. The number of rotatable bonds is 4. The minimum Gasteiger partial charge on any atom is -0.386 e. The van der Waals surface area contributed by atoms with Crippen molar-refractivity contribution in [2.75, 3.05) is 12.4 Å². The smallest absolute Gasteiger partial charge is 0.0723 e. The minimum absolute atomic E-state index is 0.993. The van der Waals surface area contributed by atoms with Gasteiger partial charge in [-0.15, -0.1) is 0 Å². The molecular weight excluding hydrogens is 150 g/mol. The summed E-state index contributed by atoms with van der Waals surface area (Å²) in [6, 6.07) is 0. The summed E-state index contributed by atoms with van der Waals surface area (Å²) in [7, 11) is 1.92. The van der Waals surface area contributed by atoms with Gasteiger partial charge in [-0.05, 0) is 12.3 Å². The van der Waals surface area contributed by atoms with E-state index in [0.29, 0.717) is 0 Å². The summed E-state index contributed by atoms with van der Waals surface area (Å²) in [5.41, 5.74) is 1.10. The molecule has 1 fully saturated rings. The number of aryl methyl sites for hydroxylation is 1. The molecule has 3 nitrogen and oxygen atoms in total. The zero-order valence-electron chi connectivity index (χ0n) is 7.45. The monoisotopic (exact) mass is 165 g/mol. The lowest BCUT2D eigenvalue weighted by Crippen LogP contribution is -1.98. The van der Waals surface area contributed by atoms with Crippen molar-refractivity contribution >= 4 is 5.69 Å². The molecule has 1 aromatic heterocycles. The molecule has 1 aliphatic rings. The third-order valence-electron chi connectivity index (χ3n) is 2.39. The fourth-order valence-electron chi connectivity index (χ4n) is 1.34. The second-order valence-electron chi connectivity index (χ2n) is 3.47. The van der Waals surface area contributed by atoms with Crippen molar-refractivity contribution in [3.8, 4) is 0 Å². The van der Waals surface area contributed by atoms with E-state index in [1.54, 1.807) is 0 Å². The zero-order chi connectivity index (χ0) is 8.39. The molecular formula is C9H15N3. The van der Waals surface area contributed by atoms with Crippen LogP contribution < -0.4 is 5.32 Å². The first-order chi connectivity index (χ1) is 5.88. The lowest BCUT2D eigenvalue weighted by Gasteiger charge is -1.98. The SMILES string of the molecule is CNc1cnn(CCC2CC2)c1. The molecule has 0 bridgehead atoms. The van der Waals surface area contributed by atoms with Gasteiger partial charge in [-0.3, -0.25) is 4.68 Å². The van der Waals surface area contributed by atoms with Gasteiger partial charge in [0.25, 0.3) is 0 Å². The Kier molecular flexibility index (Phi) is 2.02. The molecule has 0 spiro atoms. The molecule has 1 heterocycles. The molecule has 66 valence electrons. The summed E-state index contributed by atoms with van der Waals surface area (Å²) in [6.07, 6.45) is 8.08. The van der Waals surface area contributed by atoms with Gasteiger partial charge in [0.2, 0.25) is 0 Å². The number of hydrogen-bond donors (Lipinski definition) is 1. The molecule has 0 unspecified atom stereocenters. The Balaban J connectivity index is 1.84. The van der Waals surface area contributed by atoms with E-state index in [-0.39, 0.29) is 0 Å². The Morgan fingerprint density at radius 3 is 3.08 bits per heavy atom. The number of hydrogen-bond acceptors (Lipinski definition) is 2. The van der Waals surface area contributed by atoms with Gasteiger partial charge in [-0.2, -0.15) is 5.10 Å². The Morgan fingerprint density at radius 2 is 2.50 bits per heavy atom. The van der Waals surface area contributed by atoms with Crippen LogP contribution in [-0.2, 0) is 6.54 Å². The molecule has 1 N–H and O–H groups in total. The molecule has 1 saturated carbocycles. The first-order valence-electron chi connectivity index (χ1n) is 4.58. The first-order valence-corrected chi connectivity index (χ1v) is 4.58. The van der Waals surface area contributed by atoms with E-state index in [4.69, 9.17) is 0 Å². The van der Waals surface area contributed by atoms with Crippen LogP contribution in [0.5, 0.6) is 0 Å². The lowest BCUT2D eigenvalue weighted by atomic mass is 10.3. The van der Waals surface area contributed by atoms with E-state index in [1.165, 1.54) is 19.3 Å². The summed E-state index contributed by atoms with van der Waals surface area (Å²) in [6.45, 7) is 1.08. The molecule has 0 saturated heterocycles. The van der Waals surface area contributed by atoms with Crippen LogP contribution in [0.3, 0.4) is 0 Å². The van der Waals surface area contributed by atoms with Crippen molar-refractivity contribution in [1.82, 2.24) is 9.78 Å². The van der Waals surface area contributed by atoms with Crippen molar-refractivity contribution in [3.63, 3.8) is 0 Å². The normalized spacial score (nSPS) is 16.4. The van der Waals surface area contributed by atoms with Crippen LogP contribution in [0.25, 0.3) is 0 Å². The second kappa shape index (κ2) is 3.17. The molecule has 12 heavy (non-hydrogen) atoms. The van der Waals surface area contributed by atoms with Gasteiger partial charge in [-0.1, -0.05) is 12.8 Å². The average Bonchev–Trinajstić information content (AvgIpc) is 2.81. The third-order valence-corrected chi connectivity index (χ3v) is 2.39. The van der Waals surface area contributed by atoms with E-state index >= 15 is 0 Å². The summed E-state index contributed by atoms with van der Waals surface area (Å²) in [5, 5.41) is 7.31. The molecule has 2 rings (SSSR count). The molecule has 0 radical (unpaired) electrons. The van der Waals surface area contributed by atoms with Gasteiger partial charge in [0.1, 0.15) is 0 Å². The van der Waals surface area contributed by atoms with Crippen molar-refractivity contribution in [3.05, 3.63) is 12.4 Å². The van der Waals surface area contributed by atoms with Crippen LogP contribution in [0, 0.1) is 5.92 Å². The fraction of sp³-hybridized carbons (Fsp3) is 0.667. The van der Waals surface area contributed by atoms with Gasteiger partial charge < -0.3 is 5.32 Å². The maximum atomic E-state index is 4.24. The zero-order valence-corrected chi connectivity index (χ0v) is 7.45. The van der Waals surface area contributed by atoms with Crippen molar-refractivity contribution < 1.29 is 0 Å². The van der Waals surface area contributed by atoms with Crippen LogP contribution in [0.15, 0.2) is 12.4 Å². The largest absolute Gasteiger partial charge is 0.386 e. The van der Waals surface area contributed by atoms with E-state index in [2.05, 4.69) is 16.6 Å². The third kappa shape index (κ3) is 1.78. The minimum atomic E-state index is 0.993. The van der Waals surface area contributed by atoms with Gasteiger partial charge in [0.05, 0.1) is 11.9 Å². The van der Waals surface area contributed by atoms with Crippen LogP contribution in [0.2, 0.25) is 0 Å². The first kappa shape index (κ1) is 7.65. The molecule has 1 aliphatic carbocycles. The standard InChI is InChI=1S/C9H15N3/c1-10-9-6-11-12(7-9)5-4-8-2-3-8/h6-8,10H,2-5H2,1H3. The summed E-state index contributed by atoms with van der Waals surface area (Å²) < 4.78 is 2.02. The van der Waals surface area contributed by atoms with E-state index < -0.39 is 0 Å². The van der Waals surface area contributed by atoms with Crippen molar-refractivity contribution in [2.24, 2.45) is 5.92 Å². The van der Waals surface area contributed by atoms with Crippen molar-refractivity contribution in [1.29, 1.82) is 0 Å². The highest BCUT2D eigenvalue weighted by molar-refractivity contribution is 5.36. The number of nitrogens with one attached hydrogen (secondary N) is 1. The molecule has 0 amide bonds. The fourth-order valence-corrected chi connectivity index (χ4v) is 1.34. The molecule has 0 aliphatic heterocycles. The molecule has 1 aromatic rings. The summed E-state index contributed by atoms with van der Waals surface area (Å²) in [5.74, 6) is 0.993. The predicted octanol–water partition coefficient (Wildman–Crippen LogP) is 1.72. The van der Waals surface area contributed by atoms with Gasteiger partial charge in [0.15, 0.2) is 0 Å². The van der Waals surface area contributed by atoms with Gasteiger partial charge in [0, 0.05) is 19.8 Å². The van der Waals surface area contributed by atoms with Crippen LogP contribution in [-0.4, -0.2) is 16.8 Å². The number of aromatic nitrogens is 2. The van der Waals surface area contributed by atoms with Crippen LogP contribution in [0.4, 0.5) is 5.69 Å². The van der Waals surface area contributed by atoms with E-state index in [9.17, 15) is 0 Å². The number of anilines is 1.